The number of nitrogens with zero attached hydrogens (tertiary/aromatic N) is 1. The summed E-state index contributed by atoms with van der Waals surface area (Å²) in [5, 5.41) is 5.66. The summed E-state index contributed by atoms with van der Waals surface area (Å²) in [7, 11) is 1.49. The minimum Gasteiger partial charge on any atom is -0.384 e. The van der Waals surface area contributed by atoms with Crippen molar-refractivity contribution in [3.63, 3.8) is 0 Å². The predicted molar refractivity (Wildman–Crippen MR) is 108 cm³/mol. The van der Waals surface area contributed by atoms with Crippen molar-refractivity contribution in [1.29, 1.82) is 0 Å². The molecule has 2 rings (SSSR count). The van der Waals surface area contributed by atoms with Crippen molar-refractivity contribution in [1.82, 2.24) is 10.2 Å². The van der Waals surface area contributed by atoms with Gasteiger partial charge in [0.2, 0.25) is 5.91 Å². The zero-order valence-electron chi connectivity index (χ0n) is 16.6. The number of nitrogens with one attached hydrogen (secondary N) is 2. The van der Waals surface area contributed by atoms with Crippen LogP contribution >= 0.6 is 0 Å². The van der Waals surface area contributed by atoms with E-state index in [1.165, 1.54) is 7.05 Å². The molecule has 0 saturated heterocycles. The van der Waals surface area contributed by atoms with Crippen molar-refractivity contribution in [2.75, 3.05) is 18.9 Å². The highest BCUT2D eigenvalue weighted by Crippen LogP contribution is 2.31. The molecule has 29 heavy (non-hydrogen) atoms. The smallest absolute Gasteiger partial charge is 0.264 e. The van der Waals surface area contributed by atoms with Crippen LogP contribution in [0.15, 0.2) is 18.2 Å². The second-order valence-corrected chi connectivity index (χ2v) is 6.92. The van der Waals surface area contributed by atoms with E-state index < -0.39 is 17.9 Å². The molecule has 0 aromatic heterocycles. The third-order valence-corrected chi connectivity index (χ3v) is 4.95. The Morgan fingerprint density at radius 3 is 2.55 bits per heavy atom. The Bertz CT molecular complexity index is 778. The Balaban J connectivity index is 2.04. The van der Waals surface area contributed by atoms with Gasteiger partial charge in [-0.05, 0) is 31.4 Å². The highest BCUT2D eigenvalue weighted by Gasteiger charge is 2.41. The number of hydrogen-bond donors (Lipinski definition) is 2. The van der Waals surface area contributed by atoms with Crippen LogP contribution in [-0.4, -0.2) is 54.8 Å². The minimum absolute atomic E-state index is 0.0442. The molecular weight excluding hydrogens is 374 g/mol. The largest absolute Gasteiger partial charge is 0.384 e. The lowest BCUT2D eigenvalue weighted by Gasteiger charge is -2.21. The van der Waals surface area contributed by atoms with E-state index in [0.29, 0.717) is 24.9 Å². The summed E-state index contributed by atoms with van der Waals surface area (Å²) in [5.74, 6) is -1.30. The van der Waals surface area contributed by atoms with Crippen LogP contribution in [0.1, 0.15) is 65.7 Å². The molecule has 1 unspecified atom stereocenters. The van der Waals surface area contributed by atoms with Gasteiger partial charge < -0.3 is 20.2 Å². The Morgan fingerprint density at radius 2 is 1.86 bits per heavy atom. The molecule has 8 heteroatoms. The van der Waals surface area contributed by atoms with Crippen molar-refractivity contribution >= 4 is 36.0 Å². The molecule has 1 aromatic rings. The summed E-state index contributed by atoms with van der Waals surface area (Å²) in [6, 6.07) is 4.02. The molecule has 1 heterocycles. The van der Waals surface area contributed by atoms with E-state index in [2.05, 4.69) is 10.6 Å². The van der Waals surface area contributed by atoms with Crippen LogP contribution < -0.4 is 10.6 Å². The number of carbonyl (C=O) groups is 5. The number of anilines is 1. The molecule has 0 fully saturated rings. The Kier molecular flexibility index (Phi) is 8.51. The van der Waals surface area contributed by atoms with Crippen molar-refractivity contribution in [2.24, 2.45) is 0 Å². The molecule has 3 amide bonds. The minimum atomic E-state index is -0.981. The number of rotatable bonds is 13. The van der Waals surface area contributed by atoms with Gasteiger partial charge in [-0.15, -0.1) is 0 Å². The van der Waals surface area contributed by atoms with Crippen LogP contribution in [0.25, 0.3) is 0 Å². The number of hydrogen-bond acceptors (Lipinski definition) is 6. The van der Waals surface area contributed by atoms with E-state index in [4.69, 9.17) is 0 Å². The predicted octanol–water partition coefficient (Wildman–Crippen LogP) is 1.94. The molecule has 0 aliphatic carbocycles. The van der Waals surface area contributed by atoms with Gasteiger partial charge in [-0.25, -0.2) is 0 Å². The molecule has 0 bridgehead atoms. The number of amides is 3. The van der Waals surface area contributed by atoms with Gasteiger partial charge >= 0.3 is 0 Å². The summed E-state index contributed by atoms with van der Waals surface area (Å²) in [6.45, 7) is 0.632. The third-order valence-electron chi connectivity index (χ3n) is 4.95. The topological polar surface area (TPSA) is 113 Å². The van der Waals surface area contributed by atoms with Gasteiger partial charge in [0, 0.05) is 32.1 Å². The number of unbranched alkanes of at least 4 members (excludes halogenated alkanes) is 4. The Morgan fingerprint density at radius 1 is 1.10 bits per heavy atom. The van der Waals surface area contributed by atoms with Crippen LogP contribution in [0.5, 0.6) is 0 Å². The van der Waals surface area contributed by atoms with E-state index >= 15 is 0 Å². The van der Waals surface area contributed by atoms with Crippen LogP contribution in [-0.2, 0) is 14.4 Å². The van der Waals surface area contributed by atoms with Gasteiger partial charge in [-0.1, -0.05) is 18.9 Å². The van der Waals surface area contributed by atoms with Gasteiger partial charge in [0.25, 0.3) is 11.8 Å². The van der Waals surface area contributed by atoms with E-state index in [9.17, 15) is 24.0 Å². The second-order valence-electron chi connectivity index (χ2n) is 6.92. The lowest BCUT2D eigenvalue weighted by molar-refractivity contribution is -0.121. The normalized spacial score (nSPS) is 13.8. The fourth-order valence-corrected chi connectivity index (χ4v) is 3.34. The summed E-state index contributed by atoms with van der Waals surface area (Å²) in [5.41, 5.74) is 1.09. The fourth-order valence-electron chi connectivity index (χ4n) is 3.34. The van der Waals surface area contributed by atoms with Gasteiger partial charge in [0.15, 0.2) is 0 Å². The van der Waals surface area contributed by atoms with E-state index in [0.717, 1.165) is 36.9 Å². The first-order valence-electron chi connectivity index (χ1n) is 9.89. The number of imide groups is 1. The van der Waals surface area contributed by atoms with E-state index in [-0.39, 0.29) is 29.9 Å². The lowest BCUT2D eigenvalue weighted by atomic mass is 10.1. The van der Waals surface area contributed by atoms with Crippen molar-refractivity contribution in [2.45, 2.75) is 51.0 Å². The molecule has 2 N–H and O–H groups in total. The molecule has 156 valence electrons. The van der Waals surface area contributed by atoms with Crippen LogP contribution in [0.3, 0.4) is 0 Å². The first-order valence-corrected chi connectivity index (χ1v) is 9.89. The van der Waals surface area contributed by atoms with Gasteiger partial charge in [-0.3, -0.25) is 19.3 Å². The van der Waals surface area contributed by atoms with Crippen LogP contribution in [0, 0.1) is 0 Å². The molecule has 1 aliphatic rings. The molecule has 8 nitrogen and oxygen atoms in total. The summed E-state index contributed by atoms with van der Waals surface area (Å²) in [6.07, 6.45) is 5.82. The maximum atomic E-state index is 12.9. The molecule has 1 atom stereocenters. The molecule has 0 radical (unpaired) electrons. The molecule has 0 spiro atoms. The lowest BCUT2D eigenvalue weighted by Crippen LogP contribution is -2.41. The summed E-state index contributed by atoms with van der Waals surface area (Å²) in [4.78, 5) is 59.9. The fraction of sp³-hybridized carbons (Fsp3) is 0.476. The number of benzene rings is 1. The number of aldehydes is 2. The van der Waals surface area contributed by atoms with E-state index in [1.807, 2.05) is 0 Å². The third kappa shape index (κ3) is 5.49. The summed E-state index contributed by atoms with van der Waals surface area (Å²) < 4.78 is 0. The molecule has 1 aliphatic heterocycles. The SMILES string of the molecule is CNC(=O)CCC(C=O)N1C(=O)c2cccc(NCCCCCCC=O)c2C1=O. The highest BCUT2D eigenvalue weighted by atomic mass is 16.2. The first-order chi connectivity index (χ1) is 14.0. The van der Waals surface area contributed by atoms with Crippen LogP contribution in [0.4, 0.5) is 5.69 Å². The molecular formula is C21H27N3O5. The number of fused-ring (bicyclic) bond motifs is 1. The second kappa shape index (κ2) is 11.1. The first kappa shape index (κ1) is 22.3. The van der Waals surface area contributed by atoms with Gasteiger partial charge in [0.05, 0.1) is 17.2 Å². The highest BCUT2D eigenvalue weighted by molar-refractivity contribution is 6.24. The van der Waals surface area contributed by atoms with Gasteiger partial charge in [-0.2, -0.15) is 0 Å². The van der Waals surface area contributed by atoms with Crippen molar-refractivity contribution in [3.8, 4) is 0 Å². The Hall–Kier alpha value is -3.03. The maximum absolute atomic E-state index is 12.9. The summed E-state index contributed by atoms with van der Waals surface area (Å²) >= 11 is 0. The van der Waals surface area contributed by atoms with Crippen molar-refractivity contribution < 1.29 is 24.0 Å². The van der Waals surface area contributed by atoms with E-state index in [1.54, 1.807) is 18.2 Å². The van der Waals surface area contributed by atoms with Crippen molar-refractivity contribution in [3.05, 3.63) is 29.3 Å². The maximum Gasteiger partial charge on any atom is 0.264 e. The zero-order valence-corrected chi connectivity index (χ0v) is 16.6. The average molecular weight is 401 g/mol. The van der Waals surface area contributed by atoms with Gasteiger partial charge in [0.1, 0.15) is 12.6 Å². The zero-order chi connectivity index (χ0) is 21.2. The van der Waals surface area contributed by atoms with Crippen LogP contribution in [0.2, 0.25) is 0 Å². The average Bonchev–Trinajstić information content (AvgIpc) is 2.99. The monoisotopic (exact) mass is 401 g/mol. The Labute approximate surface area is 170 Å². The molecule has 1 aromatic carbocycles. The number of carbonyl (C=O) groups excluding carboxylic acids is 5. The quantitative estimate of drug-likeness (QED) is 0.297. The molecule has 0 saturated carbocycles. The standard InChI is InChI=1S/C21H27N3O5/c1-22-18(27)11-10-15(14-26)24-20(28)16-8-7-9-17(19(16)21(24)29)23-12-5-3-2-4-6-13-25/h7-9,13-15,23H,2-6,10-12H2,1H3,(H,22,27).